The Kier molecular flexibility index (Phi) is 8.58. The lowest BCUT2D eigenvalue weighted by molar-refractivity contribution is -0.137. The Morgan fingerprint density at radius 3 is 2.12 bits per heavy atom. The first-order chi connectivity index (χ1) is 16.6. The van der Waals surface area contributed by atoms with Crippen molar-refractivity contribution in [3.05, 3.63) is 65.7 Å². The number of nitrogens with zero attached hydrogens (tertiary/aromatic N) is 2. The van der Waals surface area contributed by atoms with Crippen LogP contribution in [0.3, 0.4) is 0 Å². The van der Waals surface area contributed by atoms with Gasteiger partial charge in [0.05, 0.1) is 19.7 Å². The molecule has 0 bridgehead atoms. The van der Waals surface area contributed by atoms with E-state index >= 15 is 0 Å². The molecular formula is C28H37N3O3. The van der Waals surface area contributed by atoms with Crippen molar-refractivity contribution in [2.45, 2.75) is 44.6 Å². The fraction of sp³-hybridized carbons (Fsp3) is 0.500. The summed E-state index contributed by atoms with van der Waals surface area (Å²) >= 11 is 0. The van der Waals surface area contributed by atoms with Crippen LogP contribution in [0.25, 0.3) is 0 Å². The van der Waals surface area contributed by atoms with Crippen LogP contribution in [0.5, 0.6) is 5.75 Å². The van der Waals surface area contributed by atoms with Gasteiger partial charge in [-0.15, -0.1) is 0 Å². The largest absolute Gasteiger partial charge is 0.497 e. The van der Waals surface area contributed by atoms with E-state index in [0.717, 1.165) is 68.7 Å². The SMILES string of the molecule is COc1ccc([C@@H](NC(=O)CN2CCC(C(=O)N3CCCCCC3)CC2)c2ccccc2)cc1. The van der Waals surface area contributed by atoms with Gasteiger partial charge in [0.15, 0.2) is 0 Å². The molecule has 2 heterocycles. The predicted molar refractivity (Wildman–Crippen MR) is 134 cm³/mol. The van der Waals surface area contributed by atoms with Crippen LogP contribution in [0.1, 0.15) is 55.7 Å². The first-order valence-electron chi connectivity index (χ1n) is 12.6. The maximum Gasteiger partial charge on any atom is 0.234 e. The molecule has 2 saturated heterocycles. The van der Waals surface area contributed by atoms with Crippen molar-refractivity contribution in [3.8, 4) is 5.75 Å². The van der Waals surface area contributed by atoms with Gasteiger partial charge in [-0.1, -0.05) is 55.3 Å². The third-order valence-corrected chi connectivity index (χ3v) is 7.11. The summed E-state index contributed by atoms with van der Waals surface area (Å²) in [5, 5.41) is 3.23. The van der Waals surface area contributed by atoms with Gasteiger partial charge >= 0.3 is 0 Å². The molecule has 2 aromatic carbocycles. The minimum Gasteiger partial charge on any atom is -0.497 e. The maximum absolute atomic E-state index is 13.0. The zero-order valence-electron chi connectivity index (χ0n) is 20.2. The number of methoxy groups -OCH3 is 1. The van der Waals surface area contributed by atoms with Gasteiger partial charge < -0.3 is 15.0 Å². The fourth-order valence-corrected chi connectivity index (χ4v) is 5.10. The molecule has 1 N–H and O–H groups in total. The van der Waals surface area contributed by atoms with E-state index in [1.54, 1.807) is 7.11 Å². The van der Waals surface area contributed by atoms with Crippen LogP contribution in [0.2, 0.25) is 0 Å². The van der Waals surface area contributed by atoms with E-state index in [1.165, 1.54) is 12.8 Å². The van der Waals surface area contributed by atoms with Crippen molar-refractivity contribution >= 4 is 11.8 Å². The van der Waals surface area contributed by atoms with Crippen LogP contribution in [-0.4, -0.2) is 61.4 Å². The zero-order chi connectivity index (χ0) is 23.8. The number of piperidine rings is 1. The molecule has 0 aliphatic carbocycles. The van der Waals surface area contributed by atoms with Gasteiger partial charge in [-0.05, 0) is 62.0 Å². The molecule has 0 radical (unpaired) electrons. The molecule has 2 aliphatic rings. The molecule has 2 aliphatic heterocycles. The standard InChI is InChI=1S/C28H37N3O3/c1-34-25-13-11-23(12-14-25)27(22-9-5-4-6-10-22)29-26(32)21-30-19-15-24(16-20-30)28(33)31-17-7-2-3-8-18-31/h4-6,9-14,24,27H,2-3,7-8,15-21H2,1H3,(H,29,32)/t27-/m0/s1. The summed E-state index contributed by atoms with van der Waals surface area (Å²) in [6.07, 6.45) is 6.39. The second-order valence-electron chi connectivity index (χ2n) is 9.47. The molecule has 0 aromatic heterocycles. The molecule has 6 nitrogen and oxygen atoms in total. The molecular weight excluding hydrogens is 426 g/mol. The Morgan fingerprint density at radius 1 is 0.882 bits per heavy atom. The summed E-state index contributed by atoms with van der Waals surface area (Å²) in [7, 11) is 1.65. The van der Waals surface area contributed by atoms with Crippen molar-refractivity contribution < 1.29 is 14.3 Å². The molecule has 0 saturated carbocycles. The number of carbonyl (C=O) groups excluding carboxylic acids is 2. The van der Waals surface area contributed by atoms with Crippen molar-refractivity contribution in [2.24, 2.45) is 5.92 Å². The molecule has 1 atom stereocenters. The summed E-state index contributed by atoms with van der Waals surface area (Å²) in [4.78, 5) is 30.3. The van der Waals surface area contributed by atoms with E-state index < -0.39 is 0 Å². The summed E-state index contributed by atoms with van der Waals surface area (Å²) < 4.78 is 5.29. The lowest BCUT2D eigenvalue weighted by atomic mass is 9.95. The number of ether oxygens (including phenoxy) is 1. The average molecular weight is 464 g/mol. The third kappa shape index (κ3) is 6.38. The van der Waals surface area contributed by atoms with Crippen molar-refractivity contribution in [1.82, 2.24) is 15.1 Å². The van der Waals surface area contributed by atoms with Gasteiger partial charge in [-0.25, -0.2) is 0 Å². The van der Waals surface area contributed by atoms with Crippen molar-refractivity contribution in [3.63, 3.8) is 0 Å². The van der Waals surface area contributed by atoms with Crippen LogP contribution in [0, 0.1) is 5.92 Å². The smallest absolute Gasteiger partial charge is 0.234 e. The summed E-state index contributed by atoms with van der Waals surface area (Å²) in [6, 6.07) is 17.6. The average Bonchev–Trinajstić information content (AvgIpc) is 3.18. The lowest BCUT2D eigenvalue weighted by Gasteiger charge is -2.34. The quantitative estimate of drug-likeness (QED) is 0.674. The second kappa shape index (κ2) is 12.0. The number of amides is 2. The van der Waals surface area contributed by atoms with Crippen LogP contribution in [0.15, 0.2) is 54.6 Å². The lowest BCUT2D eigenvalue weighted by Crippen LogP contribution is -2.46. The van der Waals surface area contributed by atoms with E-state index in [0.29, 0.717) is 12.5 Å². The summed E-state index contributed by atoms with van der Waals surface area (Å²) in [6.45, 7) is 3.75. The Morgan fingerprint density at radius 2 is 1.50 bits per heavy atom. The summed E-state index contributed by atoms with van der Waals surface area (Å²) in [5.41, 5.74) is 2.06. The van der Waals surface area contributed by atoms with E-state index in [2.05, 4.69) is 15.1 Å². The Bertz CT molecular complexity index is 916. The highest BCUT2D eigenvalue weighted by Gasteiger charge is 2.29. The molecule has 6 heteroatoms. The first kappa shape index (κ1) is 24.3. The van der Waals surface area contributed by atoms with Crippen molar-refractivity contribution in [2.75, 3.05) is 39.8 Å². The highest BCUT2D eigenvalue weighted by molar-refractivity contribution is 5.80. The normalized spacial score (nSPS) is 18.7. The van der Waals surface area contributed by atoms with Crippen LogP contribution < -0.4 is 10.1 Å². The zero-order valence-corrected chi connectivity index (χ0v) is 20.2. The molecule has 2 fully saturated rings. The van der Waals surface area contributed by atoms with Gasteiger partial charge in [0.2, 0.25) is 11.8 Å². The minimum absolute atomic E-state index is 0.00182. The fourth-order valence-electron chi connectivity index (χ4n) is 5.10. The number of rotatable bonds is 7. The van der Waals surface area contributed by atoms with Gasteiger partial charge in [-0.2, -0.15) is 0 Å². The molecule has 34 heavy (non-hydrogen) atoms. The highest BCUT2D eigenvalue weighted by Crippen LogP contribution is 2.25. The Hall–Kier alpha value is -2.86. The Balaban J connectivity index is 1.33. The molecule has 0 unspecified atom stereocenters. The monoisotopic (exact) mass is 463 g/mol. The number of carbonyl (C=O) groups is 2. The highest BCUT2D eigenvalue weighted by atomic mass is 16.5. The molecule has 0 spiro atoms. The van der Waals surface area contributed by atoms with E-state index in [4.69, 9.17) is 4.74 Å². The minimum atomic E-state index is -0.221. The number of benzene rings is 2. The van der Waals surface area contributed by atoms with Crippen LogP contribution >= 0.6 is 0 Å². The summed E-state index contributed by atoms with van der Waals surface area (Å²) in [5.74, 6) is 1.23. The second-order valence-corrected chi connectivity index (χ2v) is 9.47. The van der Waals surface area contributed by atoms with Crippen LogP contribution in [0.4, 0.5) is 0 Å². The number of likely N-dealkylation sites (tertiary alicyclic amines) is 2. The molecule has 2 aromatic rings. The van der Waals surface area contributed by atoms with Gasteiger partial charge in [0.25, 0.3) is 0 Å². The molecule has 182 valence electrons. The number of nitrogens with one attached hydrogen (secondary N) is 1. The number of hydrogen-bond donors (Lipinski definition) is 1. The predicted octanol–water partition coefficient (Wildman–Crippen LogP) is 4.02. The van der Waals surface area contributed by atoms with Gasteiger partial charge in [0, 0.05) is 19.0 Å². The topological polar surface area (TPSA) is 61.9 Å². The first-order valence-corrected chi connectivity index (χ1v) is 12.6. The van der Waals surface area contributed by atoms with Crippen LogP contribution in [-0.2, 0) is 9.59 Å². The van der Waals surface area contributed by atoms with Gasteiger partial charge in [0.1, 0.15) is 5.75 Å². The maximum atomic E-state index is 13.0. The van der Waals surface area contributed by atoms with Crippen molar-refractivity contribution in [1.29, 1.82) is 0 Å². The van der Waals surface area contributed by atoms with E-state index in [-0.39, 0.29) is 17.9 Å². The van der Waals surface area contributed by atoms with E-state index in [9.17, 15) is 9.59 Å². The molecule has 2 amide bonds. The molecule has 4 rings (SSSR count). The number of hydrogen-bond acceptors (Lipinski definition) is 4. The van der Waals surface area contributed by atoms with E-state index in [1.807, 2.05) is 54.6 Å². The Labute approximate surface area is 203 Å². The van der Waals surface area contributed by atoms with Gasteiger partial charge in [-0.3, -0.25) is 14.5 Å². The third-order valence-electron chi connectivity index (χ3n) is 7.11.